The molecule has 0 bridgehead atoms. The van der Waals surface area contributed by atoms with Crippen LogP contribution in [-0.4, -0.2) is 99.6 Å². The Balaban J connectivity index is 2.61. The summed E-state index contributed by atoms with van der Waals surface area (Å²) in [4.78, 5) is 26.6. The first-order valence-corrected chi connectivity index (χ1v) is 34.0. The molecule has 1 rings (SSSR count). The van der Waals surface area contributed by atoms with Crippen molar-refractivity contribution in [2.45, 2.75) is 333 Å². The van der Waals surface area contributed by atoms with E-state index in [2.05, 4.69) is 111 Å². The summed E-state index contributed by atoms with van der Waals surface area (Å²) in [5, 5.41) is 57.2. The number of carbonyl (C=O) groups excluding carboxylic acids is 2. The Hall–Kier alpha value is -3.42. The van der Waals surface area contributed by atoms with Gasteiger partial charge in [-0.3, -0.25) is 9.59 Å². The van der Waals surface area contributed by atoms with Crippen LogP contribution >= 0.6 is 0 Å². The van der Waals surface area contributed by atoms with Gasteiger partial charge in [0, 0.05) is 6.42 Å². The first-order chi connectivity index (χ1) is 40.7. The average Bonchev–Trinajstić information content (AvgIpc) is 3.55. The minimum atomic E-state index is -1.62. The normalized spacial score (nSPS) is 19.2. The summed E-state index contributed by atoms with van der Waals surface area (Å²) < 4.78 is 17.6. The van der Waals surface area contributed by atoms with Gasteiger partial charge in [0.15, 0.2) is 12.4 Å². The molecule has 0 spiro atoms. The number of unbranched alkanes of at least 4 members (excludes halogenated alkanes) is 30. The standard InChI is InChI=1S/C72H125NO10/c1-4-7-10-13-16-19-22-25-27-28-29-30-31-32-33-34-35-36-37-39-41-44-47-50-53-56-59-65(76)71(80)73-63(64(75)58-55-52-49-46-43-40-24-21-18-15-12-9-6-3)62-81-72-70(69(79)68(78)66(61-74)82-72)83-67(77)60-57-54-51-48-45-42-38-26-23-20-17-14-11-8-5-2/h7,10,16-17,19-20,23,25-27,29-30,32-33,55,58,63-66,68-70,72,74-76,78-79H,4-6,8-9,11-15,18,21-22,24,28,31,34-54,56-57,59-62H2,1-3H3,(H,73,80)/b10-7-,19-16-,20-17+,26-23+,27-25-,30-29-,33-32-,58-55+. The fourth-order valence-corrected chi connectivity index (χ4v) is 10.1. The van der Waals surface area contributed by atoms with Gasteiger partial charge in [0.2, 0.25) is 5.91 Å². The van der Waals surface area contributed by atoms with Gasteiger partial charge in [-0.1, -0.05) is 279 Å². The molecule has 1 aliphatic rings. The van der Waals surface area contributed by atoms with Crippen molar-refractivity contribution in [3.63, 3.8) is 0 Å². The van der Waals surface area contributed by atoms with Gasteiger partial charge in [0.25, 0.3) is 0 Å². The molecule has 11 nitrogen and oxygen atoms in total. The SMILES string of the molecule is CC/C=C\C/C=C\C/C=C\C/C=C\C/C=C\CCCCCCCCCCCCC(O)C(=O)NC(COC1OC(CO)C(O)C(O)C1OC(=O)CCCCCCCC/C=C/C=C/CCCCC)C(O)/C=C/CCCCCCCCCCCCC. The molecule has 1 amide bonds. The number of hydrogen-bond acceptors (Lipinski definition) is 10. The van der Waals surface area contributed by atoms with Crippen LogP contribution in [0.15, 0.2) is 97.2 Å². The Bertz CT molecular complexity index is 1720. The van der Waals surface area contributed by atoms with Gasteiger partial charge in [0.05, 0.1) is 25.4 Å². The maximum absolute atomic E-state index is 13.5. The molecule has 478 valence electrons. The van der Waals surface area contributed by atoms with Crippen LogP contribution in [0.1, 0.15) is 284 Å². The lowest BCUT2D eigenvalue weighted by Gasteiger charge is -2.41. The number of aliphatic hydroxyl groups excluding tert-OH is 5. The summed E-state index contributed by atoms with van der Waals surface area (Å²) in [6.45, 7) is 5.65. The highest BCUT2D eigenvalue weighted by Crippen LogP contribution is 2.26. The number of allylic oxidation sites excluding steroid dienone is 15. The van der Waals surface area contributed by atoms with Crippen LogP contribution in [-0.2, 0) is 23.8 Å². The fraction of sp³-hybridized carbons (Fsp3) is 0.750. The molecule has 0 aromatic heterocycles. The van der Waals surface area contributed by atoms with E-state index in [4.69, 9.17) is 14.2 Å². The molecule has 0 saturated carbocycles. The van der Waals surface area contributed by atoms with Crippen molar-refractivity contribution in [2.75, 3.05) is 13.2 Å². The number of aliphatic hydroxyl groups is 5. The molecule has 1 saturated heterocycles. The van der Waals surface area contributed by atoms with Gasteiger partial charge in [-0.15, -0.1) is 0 Å². The summed E-state index contributed by atoms with van der Waals surface area (Å²) in [5.74, 6) is -1.21. The van der Waals surface area contributed by atoms with E-state index in [0.29, 0.717) is 12.8 Å². The summed E-state index contributed by atoms with van der Waals surface area (Å²) in [6.07, 6.45) is 68.7. The average molecular weight is 1160 g/mol. The molecule has 83 heavy (non-hydrogen) atoms. The number of hydrogen-bond donors (Lipinski definition) is 6. The molecule has 1 heterocycles. The molecule has 8 unspecified atom stereocenters. The number of rotatable bonds is 57. The second kappa shape index (κ2) is 58.9. The number of carbonyl (C=O) groups is 2. The minimum Gasteiger partial charge on any atom is -0.454 e. The highest BCUT2D eigenvalue weighted by atomic mass is 16.7. The van der Waals surface area contributed by atoms with Gasteiger partial charge in [-0.05, 0) is 96.3 Å². The first-order valence-electron chi connectivity index (χ1n) is 34.0. The third kappa shape index (κ3) is 46.5. The molecule has 1 fully saturated rings. The predicted molar refractivity (Wildman–Crippen MR) is 347 cm³/mol. The van der Waals surface area contributed by atoms with E-state index in [1.165, 1.54) is 116 Å². The van der Waals surface area contributed by atoms with Crippen LogP contribution < -0.4 is 5.32 Å². The Morgan fingerprint density at radius 2 is 0.904 bits per heavy atom. The van der Waals surface area contributed by atoms with Crippen molar-refractivity contribution in [1.82, 2.24) is 5.32 Å². The summed E-state index contributed by atoms with van der Waals surface area (Å²) >= 11 is 0. The van der Waals surface area contributed by atoms with Crippen molar-refractivity contribution >= 4 is 11.9 Å². The van der Waals surface area contributed by atoms with E-state index in [1.807, 2.05) is 6.08 Å². The van der Waals surface area contributed by atoms with Crippen LogP contribution in [0.25, 0.3) is 0 Å². The van der Waals surface area contributed by atoms with E-state index in [9.17, 15) is 35.1 Å². The number of nitrogens with one attached hydrogen (secondary N) is 1. The molecule has 8 atom stereocenters. The minimum absolute atomic E-state index is 0.107. The number of amides is 1. The molecule has 0 radical (unpaired) electrons. The van der Waals surface area contributed by atoms with Crippen molar-refractivity contribution in [3.8, 4) is 0 Å². The lowest BCUT2D eigenvalue weighted by atomic mass is 9.99. The lowest BCUT2D eigenvalue weighted by molar-refractivity contribution is -0.305. The molecular formula is C72H125NO10. The van der Waals surface area contributed by atoms with Crippen LogP contribution in [0.3, 0.4) is 0 Å². The van der Waals surface area contributed by atoms with E-state index >= 15 is 0 Å². The largest absolute Gasteiger partial charge is 0.454 e. The van der Waals surface area contributed by atoms with Crippen molar-refractivity contribution < 1.29 is 49.3 Å². The zero-order chi connectivity index (χ0) is 60.3. The molecule has 1 aliphatic heterocycles. The zero-order valence-electron chi connectivity index (χ0n) is 53.0. The van der Waals surface area contributed by atoms with E-state index in [1.54, 1.807) is 6.08 Å². The van der Waals surface area contributed by atoms with Gasteiger partial charge >= 0.3 is 5.97 Å². The van der Waals surface area contributed by atoms with Crippen molar-refractivity contribution in [2.24, 2.45) is 0 Å². The van der Waals surface area contributed by atoms with Crippen molar-refractivity contribution in [1.29, 1.82) is 0 Å². The number of esters is 1. The Morgan fingerprint density at radius 3 is 1.40 bits per heavy atom. The molecule has 11 heteroatoms. The van der Waals surface area contributed by atoms with Crippen LogP contribution in [0.2, 0.25) is 0 Å². The lowest BCUT2D eigenvalue weighted by Crippen LogP contribution is -2.61. The second-order valence-electron chi connectivity index (χ2n) is 23.2. The van der Waals surface area contributed by atoms with Crippen LogP contribution in [0.4, 0.5) is 0 Å². The molecular weight excluding hydrogens is 1040 g/mol. The first kappa shape index (κ1) is 77.6. The Morgan fingerprint density at radius 1 is 0.494 bits per heavy atom. The third-order valence-electron chi connectivity index (χ3n) is 15.5. The smallest absolute Gasteiger partial charge is 0.306 e. The van der Waals surface area contributed by atoms with E-state index < -0.39 is 67.4 Å². The van der Waals surface area contributed by atoms with Crippen molar-refractivity contribution in [3.05, 3.63) is 97.2 Å². The fourth-order valence-electron chi connectivity index (χ4n) is 10.1. The molecule has 0 aromatic rings. The summed E-state index contributed by atoms with van der Waals surface area (Å²) in [6, 6.07) is -1.03. The van der Waals surface area contributed by atoms with Crippen LogP contribution in [0.5, 0.6) is 0 Å². The molecule has 0 aliphatic carbocycles. The van der Waals surface area contributed by atoms with E-state index in [-0.39, 0.29) is 19.4 Å². The molecule has 6 N–H and O–H groups in total. The number of ether oxygens (including phenoxy) is 3. The Kier molecular flexibility index (Phi) is 55.1. The summed E-state index contributed by atoms with van der Waals surface area (Å²) in [5.41, 5.74) is 0. The van der Waals surface area contributed by atoms with Gasteiger partial charge in [-0.25, -0.2) is 0 Å². The highest BCUT2D eigenvalue weighted by Gasteiger charge is 2.47. The monoisotopic (exact) mass is 1160 g/mol. The van der Waals surface area contributed by atoms with E-state index in [0.717, 1.165) is 122 Å². The Labute approximate surface area is 507 Å². The second-order valence-corrected chi connectivity index (χ2v) is 23.2. The zero-order valence-corrected chi connectivity index (χ0v) is 53.0. The van der Waals surface area contributed by atoms with Gasteiger partial charge in [-0.2, -0.15) is 0 Å². The quantitative estimate of drug-likeness (QED) is 0.0149. The van der Waals surface area contributed by atoms with Gasteiger partial charge in [0.1, 0.15) is 24.4 Å². The third-order valence-corrected chi connectivity index (χ3v) is 15.5. The maximum Gasteiger partial charge on any atom is 0.306 e. The molecule has 0 aromatic carbocycles. The summed E-state index contributed by atoms with van der Waals surface area (Å²) in [7, 11) is 0. The highest BCUT2D eigenvalue weighted by molar-refractivity contribution is 5.80. The topological polar surface area (TPSA) is 175 Å². The maximum atomic E-state index is 13.5. The van der Waals surface area contributed by atoms with Crippen LogP contribution in [0, 0.1) is 0 Å². The van der Waals surface area contributed by atoms with Gasteiger partial charge < -0.3 is 45.1 Å². The predicted octanol–water partition coefficient (Wildman–Crippen LogP) is 17.1.